The summed E-state index contributed by atoms with van der Waals surface area (Å²) in [4.78, 5) is 13.5. The second-order valence-corrected chi connectivity index (χ2v) is 7.22. The first-order chi connectivity index (χ1) is 11.7. The molecule has 0 spiro atoms. The highest BCUT2D eigenvalue weighted by atomic mass is 32.2. The van der Waals surface area contributed by atoms with Crippen LogP contribution in [0.5, 0.6) is 0 Å². The third-order valence-corrected chi connectivity index (χ3v) is 5.42. The van der Waals surface area contributed by atoms with Crippen LogP contribution in [-0.2, 0) is 12.2 Å². The lowest BCUT2D eigenvalue weighted by Crippen LogP contribution is -2.11. The molecule has 0 aliphatic carbocycles. The maximum Gasteiger partial charge on any atom is 0.257 e. The molecule has 0 aliphatic rings. The Balaban J connectivity index is 1.58. The SMILES string of the molecule is CCc1nnc(NC(=O)c2ccc(CSc3ccccc3)cc2)s1. The molecule has 1 aromatic heterocycles. The van der Waals surface area contributed by atoms with Crippen LogP contribution in [0.1, 0.15) is 27.9 Å². The summed E-state index contributed by atoms with van der Waals surface area (Å²) >= 11 is 3.19. The number of carbonyl (C=O) groups is 1. The number of hydrogen-bond donors (Lipinski definition) is 1. The van der Waals surface area contributed by atoms with Gasteiger partial charge in [-0.25, -0.2) is 0 Å². The van der Waals surface area contributed by atoms with Gasteiger partial charge in [0.05, 0.1) is 0 Å². The first-order valence-electron chi connectivity index (χ1n) is 7.65. The molecular weight excluding hydrogens is 338 g/mol. The minimum absolute atomic E-state index is 0.156. The average molecular weight is 355 g/mol. The molecule has 0 fully saturated rings. The third kappa shape index (κ3) is 4.43. The van der Waals surface area contributed by atoms with E-state index in [4.69, 9.17) is 0 Å². The number of aromatic nitrogens is 2. The molecule has 6 heteroatoms. The Morgan fingerprint density at radius 3 is 2.50 bits per heavy atom. The van der Waals surface area contributed by atoms with Crippen LogP contribution in [0, 0.1) is 0 Å². The van der Waals surface area contributed by atoms with Crippen molar-refractivity contribution in [3.63, 3.8) is 0 Å². The van der Waals surface area contributed by atoms with Crippen molar-refractivity contribution in [2.45, 2.75) is 24.0 Å². The predicted octanol–water partition coefficient (Wildman–Crippen LogP) is 4.65. The Bertz CT molecular complexity index is 801. The smallest absolute Gasteiger partial charge is 0.257 e. The van der Waals surface area contributed by atoms with Gasteiger partial charge in [0.2, 0.25) is 5.13 Å². The average Bonchev–Trinajstić information content (AvgIpc) is 3.09. The first kappa shape index (κ1) is 16.7. The van der Waals surface area contributed by atoms with Crippen LogP contribution in [0.3, 0.4) is 0 Å². The summed E-state index contributed by atoms with van der Waals surface area (Å²) in [5, 5.41) is 12.2. The molecule has 0 aliphatic heterocycles. The summed E-state index contributed by atoms with van der Waals surface area (Å²) in [6.45, 7) is 2.01. The number of rotatable bonds is 6. The van der Waals surface area contributed by atoms with Crippen LogP contribution in [0.25, 0.3) is 0 Å². The van der Waals surface area contributed by atoms with Gasteiger partial charge in [0.15, 0.2) is 0 Å². The molecule has 3 aromatic rings. The molecule has 0 saturated heterocycles. The van der Waals surface area contributed by atoms with Crippen molar-refractivity contribution in [1.29, 1.82) is 0 Å². The zero-order valence-electron chi connectivity index (χ0n) is 13.2. The van der Waals surface area contributed by atoms with Crippen molar-refractivity contribution >= 4 is 34.1 Å². The summed E-state index contributed by atoms with van der Waals surface area (Å²) in [6, 6.07) is 17.9. The molecular formula is C18H17N3OS2. The second-order valence-electron chi connectivity index (χ2n) is 5.11. The fraction of sp³-hybridized carbons (Fsp3) is 0.167. The molecule has 2 aromatic carbocycles. The topological polar surface area (TPSA) is 54.9 Å². The number of benzene rings is 2. The molecule has 1 heterocycles. The quantitative estimate of drug-likeness (QED) is 0.654. The van der Waals surface area contributed by atoms with E-state index >= 15 is 0 Å². The van der Waals surface area contributed by atoms with Crippen LogP contribution < -0.4 is 5.32 Å². The van der Waals surface area contributed by atoms with Crippen LogP contribution in [0.4, 0.5) is 5.13 Å². The molecule has 4 nitrogen and oxygen atoms in total. The third-order valence-electron chi connectivity index (χ3n) is 3.35. The van der Waals surface area contributed by atoms with Gasteiger partial charge in [0.1, 0.15) is 5.01 Å². The molecule has 122 valence electrons. The van der Waals surface area contributed by atoms with Crippen molar-refractivity contribution in [3.05, 3.63) is 70.7 Å². The van der Waals surface area contributed by atoms with Crippen LogP contribution in [-0.4, -0.2) is 16.1 Å². The van der Waals surface area contributed by atoms with Crippen molar-refractivity contribution < 1.29 is 4.79 Å². The fourth-order valence-electron chi connectivity index (χ4n) is 2.05. The van der Waals surface area contributed by atoms with E-state index in [0.717, 1.165) is 17.2 Å². The monoisotopic (exact) mass is 355 g/mol. The van der Waals surface area contributed by atoms with E-state index in [1.807, 2.05) is 49.4 Å². The van der Waals surface area contributed by atoms with E-state index < -0.39 is 0 Å². The van der Waals surface area contributed by atoms with Crippen molar-refractivity contribution in [2.75, 3.05) is 5.32 Å². The molecule has 0 atom stereocenters. The Kier molecular flexibility index (Phi) is 5.61. The lowest BCUT2D eigenvalue weighted by atomic mass is 10.1. The van der Waals surface area contributed by atoms with Gasteiger partial charge in [-0.05, 0) is 36.2 Å². The Morgan fingerprint density at radius 2 is 1.83 bits per heavy atom. The fourth-order valence-corrected chi connectivity index (χ4v) is 3.60. The van der Waals surface area contributed by atoms with E-state index in [0.29, 0.717) is 10.7 Å². The van der Waals surface area contributed by atoms with Gasteiger partial charge in [0.25, 0.3) is 5.91 Å². The van der Waals surface area contributed by atoms with Gasteiger partial charge in [-0.1, -0.05) is 48.6 Å². The summed E-state index contributed by atoms with van der Waals surface area (Å²) in [7, 11) is 0. The summed E-state index contributed by atoms with van der Waals surface area (Å²) in [6.07, 6.45) is 0.821. The normalized spacial score (nSPS) is 10.5. The van der Waals surface area contributed by atoms with E-state index in [2.05, 4.69) is 27.6 Å². The number of thioether (sulfide) groups is 1. The molecule has 0 radical (unpaired) electrons. The lowest BCUT2D eigenvalue weighted by molar-refractivity contribution is 0.102. The molecule has 1 amide bonds. The number of hydrogen-bond acceptors (Lipinski definition) is 5. The van der Waals surface area contributed by atoms with Crippen LogP contribution in [0.15, 0.2) is 59.5 Å². The summed E-state index contributed by atoms with van der Waals surface area (Å²) in [5.74, 6) is 0.721. The Labute approximate surface area is 149 Å². The van der Waals surface area contributed by atoms with Gasteiger partial charge < -0.3 is 0 Å². The second kappa shape index (κ2) is 8.08. The molecule has 0 saturated carbocycles. The lowest BCUT2D eigenvalue weighted by Gasteiger charge is -2.04. The standard InChI is InChI=1S/C18H17N3OS2/c1-2-16-20-21-18(24-16)19-17(22)14-10-8-13(9-11-14)12-23-15-6-4-3-5-7-15/h3-11H,2,12H2,1H3,(H,19,21,22). The first-order valence-corrected chi connectivity index (χ1v) is 9.45. The maximum atomic E-state index is 12.2. The molecule has 3 rings (SSSR count). The zero-order valence-corrected chi connectivity index (χ0v) is 14.9. The highest BCUT2D eigenvalue weighted by Gasteiger charge is 2.09. The van der Waals surface area contributed by atoms with Crippen molar-refractivity contribution in [1.82, 2.24) is 10.2 Å². The van der Waals surface area contributed by atoms with Crippen molar-refractivity contribution in [2.24, 2.45) is 0 Å². The number of carbonyl (C=O) groups excluding carboxylic acids is 1. The minimum Gasteiger partial charge on any atom is -0.296 e. The van der Waals surface area contributed by atoms with Gasteiger partial charge in [0, 0.05) is 16.2 Å². The van der Waals surface area contributed by atoms with E-state index in [9.17, 15) is 4.79 Å². The number of aryl methyl sites for hydroxylation is 1. The van der Waals surface area contributed by atoms with Gasteiger partial charge >= 0.3 is 0 Å². The van der Waals surface area contributed by atoms with Gasteiger partial charge in [-0.3, -0.25) is 10.1 Å². The summed E-state index contributed by atoms with van der Waals surface area (Å²) < 4.78 is 0. The Hall–Kier alpha value is -2.18. The van der Waals surface area contributed by atoms with Crippen LogP contribution >= 0.6 is 23.1 Å². The highest BCUT2D eigenvalue weighted by molar-refractivity contribution is 7.98. The molecule has 0 bridgehead atoms. The molecule has 24 heavy (non-hydrogen) atoms. The number of anilines is 1. The number of nitrogens with zero attached hydrogens (tertiary/aromatic N) is 2. The van der Waals surface area contributed by atoms with E-state index in [1.165, 1.54) is 21.8 Å². The molecule has 0 unspecified atom stereocenters. The molecule has 1 N–H and O–H groups in total. The maximum absolute atomic E-state index is 12.2. The van der Waals surface area contributed by atoms with Gasteiger partial charge in [-0.15, -0.1) is 22.0 Å². The Morgan fingerprint density at radius 1 is 1.08 bits per heavy atom. The van der Waals surface area contributed by atoms with E-state index in [1.54, 1.807) is 11.8 Å². The summed E-state index contributed by atoms with van der Waals surface area (Å²) in [5.41, 5.74) is 1.81. The number of amides is 1. The minimum atomic E-state index is -0.156. The zero-order chi connectivity index (χ0) is 16.8. The van der Waals surface area contributed by atoms with Gasteiger partial charge in [-0.2, -0.15) is 0 Å². The van der Waals surface area contributed by atoms with E-state index in [-0.39, 0.29) is 5.91 Å². The predicted molar refractivity (Wildman–Crippen MR) is 99.7 cm³/mol. The highest BCUT2D eigenvalue weighted by Crippen LogP contribution is 2.22. The van der Waals surface area contributed by atoms with Crippen LogP contribution in [0.2, 0.25) is 0 Å². The van der Waals surface area contributed by atoms with Crippen molar-refractivity contribution in [3.8, 4) is 0 Å². The number of nitrogens with one attached hydrogen (secondary N) is 1. The largest absolute Gasteiger partial charge is 0.296 e.